The summed E-state index contributed by atoms with van der Waals surface area (Å²) in [5.74, 6) is 1.27. The Morgan fingerprint density at radius 1 is 1.38 bits per heavy atom. The molecule has 2 rings (SSSR count). The van der Waals surface area contributed by atoms with Crippen LogP contribution < -0.4 is 10.1 Å². The molecule has 0 aliphatic rings. The fourth-order valence-corrected chi connectivity index (χ4v) is 1.52. The standard InChI is InChI=1S/C10H13N5O/c1-11-8-6-4-5-7(9(8)16-3)10-12-14-15(2)13-10/h4-6,11H,1-3H3. The van der Waals surface area contributed by atoms with Crippen molar-refractivity contribution >= 4 is 5.69 Å². The molecule has 84 valence electrons. The van der Waals surface area contributed by atoms with Crippen molar-refractivity contribution in [2.24, 2.45) is 7.05 Å². The van der Waals surface area contributed by atoms with E-state index in [0.29, 0.717) is 5.82 Å². The Morgan fingerprint density at radius 2 is 2.19 bits per heavy atom. The average Bonchev–Trinajstić information content (AvgIpc) is 2.74. The van der Waals surface area contributed by atoms with E-state index in [9.17, 15) is 0 Å². The highest BCUT2D eigenvalue weighted by Crippen LogP contribution is 2.33. The Bertz CT molecular complexity index is 494. The van der Waals surface area contributed by atoms with Gasteiger partial charge in [-0.05, 0) is 17.3 Å². The normalized spacial score (nSPS) is 10.2. The Kier molecular flexibility index (Phi) is 2.72. The molecule has 16 heavy (non-hydrogen) atoms. The molecule has 0 amide bonds. The van der Waals surface area contributed by atoms with Crippen LogP contribution >= 0.6 is 0 Å². The Balaban J connectivity index is 2.56. The molecule has 0 bridgehead atoms. The summed E-state index contributed by atoms with van der Waals surface area (Å²) < 4.78 is 5.35. The zero-order valence-electron chi connectivity index (χ0n) is 9.43. The van der Waals surface area contributed by atoms with E-state index < -0.39 is 0 Å². The molecular formula is C10H13N5O. The fraction of sp³-hybridized carbons (Fsp3) is 0.300. The quantitative estimate of drug-likeness (QED) is 0.831. The topological polar surface area (TPSA) is 64.9 Å². The molecule has 0 aliphatic carbocycles. The van der Waals surface area contributed by atoms with Crippen molar-refractivity contribution in [1.82, 2.24) is 20.2 Å². The maximum Gasteiger partial charge on any atom is 0.208 e. The number of anilines is 1. The summed E-state index contributed by atoms with van der Waals surface area (Å²) in [4.78, 5) is 1.42. The van der Waals surface area contributed by atoms with E-state index in [1.807, 2.05) is 25.2 Å². The molecule has 1 heterocycles. The van der Waals surface area contributed by atoms with Crippen molar-refractivity contribution in [1.29, 1.82) is 0 Å². The van der Waals surface area contributed by atoms with Crippen LogP contribution in [0.15, 0.2) is 18.2 Å². The summed E-state index contributed by atoms with van der Waals surface area (Å²) in [7, 11) is 5.19. The van der Waals surface area contributed by atoms with Crippen LogP contribution in [0.5, 0.6) is 5.75 Å². The number of aromatic nitrogens is 4. The van der Waals surface area contributed by atoms with Crippen molar-refractivity contribution in [2.45, 2.75) is 0 Å². The molecule has 0 unspecified atom stereocenters. The zero-order chi connectivity index (χ0) is 11.5. The summed E-state index contributed by atoms with van der Waals surface area (Å²) in [5, 5.41) is 15.0. The van der Waals surface area contributed by atoms with Crippen molar-refractivity contribution in [3.8, 4) is 17.1 Å². The van der Waals surface area contributed by atoms with Gasteiger partial charge in [0.05, 0.1) is 25.4 Å². The average molecular weight is 219 g/mol. The van der Waals surface area contributed by atoms with Crippen LogP contribution in [0.2, 0.25) is 0 Å². The number of nitrogens with zero attached hydrogens (tertiary/aromatic N) is 4. The first-order valence-corrected chi connectivity index (χ1v) is 4.85. The van der Waals surface area contributed by atoms with Crippen molar-refractivity contribution in [2.75, 3.05) is 19.5 Å². The predicted octanol–water partition coefficient (Wildman–Crippen LogP) is 0.927. The molecule has 0 saturated heterocycles. The zero-order valence-corrected chi connectivity index (χ0v) is 9.43. The van der Waals surface area contributed by atoms with E-state index in [1.54, 1.807) is 14.2 Å². The van der Waals surface area contributed by atoms with Gasteiger partial charge in [0, 0.05) is 7.05 Å². The Labute approximate surface area is 93.2 Å². The van der Waals surface area contributed by atoms with E-state index in [-0.39, 0.29) is 0 Å². The number of hydrogen-bond donors (Lipinski definition) is 1. The highest BCUT2D eigenvalue weighted by molar-refractivity contribution is 5.74. The van der Waals surface area contributed by atoms with Gasteiger partial charge in [-0.3, -0.25) is 0 Å². The lowest BCUT2D eigenvalue weighted by molar-refractivity contribution is 0.418. The summed E-state index contributed by atoms with van der Waals surface area (Å²) in [5.41, 5.74) is 1.72. The van der Waals surface area contributed by atoms with Gasteiger partial charge in [0.2, 0.25) is 5.82 Å². The van der Waals surface area contributed by atoms with E-state index in [2.05, 4.69) is 20.7 Å². The number of aryl methyl sites for hydroxylation is 1. The fourth-order valence-electron chi connectivity index (χ4n) is 1.52. The van der Waals surface area contributed by atoms with E-state index in [4.69, 9.17) is 4.74 Å². The second kappa shape index (κ2) is 4.18. The molecule has 0 atom stereocenters. The monoisotopic (exact) mass is 219 g/mol. The van der Waals surface area contributed by atoms with Gasteiger partial charge in [-0.2, -0.15) is 4.80 Å². The van der Waals surface area contributed by atoms with Crippen LogP contribution in [0.1, 0.15) is 0 Å². The van der Waals surface area contributed by atoms with E-state index in [0.717, 1.165) is 17.0 Å². The summed E-state index contributed by atoms with van der Waals surface area (Å²) in [6, 6.07) is 5.75. The highest BCUT2D eigenvalue weighted by Gasteiger charge is 2.13. The second-order valence-electron chi connectivity index (χ2n) is 3.24. The molecule has 6 heteroatoms. The predicted molar refractivity (Wildman–Crippen MR) is 60.3 cm³/mol. The van der Waals surface area contributed by atoms with Gasteiger partial charge in [-0.25, -0.2) is 0 Å². The third kappa shape index (κ3) is 1.69. The van der Waals surface area contributed by atoms with Gasteiger partial charge in [-0.1, -0.05) is 6.07 Å². The number of nitrogens with one attached hydrogen (secondary N) is 1. The van der Waals surface area contributed by atoms with Crippen LogP contribution in [0.25, 0.3) is 11.4 Å². The molecule has 1 N–H and O–H groups in total. The lowest BCUT2D eigenvalue weighted by Gasteiger charge is -2.10. The van der Waals surface area contributed by atoms with Gasteiger partial charge in [0.25, 0.3) is 0 Å². The molecule has 0 fully saturated rings. The van der Waals surface area contributed by atoms with Gasteiger partial charge < -0.3 is 10.1 Å². The first-order chi connectivity index (χ1) is 7.76. The van der Waals surface area contributed by atoms with Crippen molar-refractivity contribution in [3.63, 3.8) is 0 Å². The molecule has 6 nitrogen and oxygen atoms in total. The number of methoxy groups -OCH3 is 1. The molecule has 1 aromatic heterocycles. The molecule has 0 aliphatic heterocycles. The second-order valence-corrected chi connectivity index (χ2v) is 3.24. The largest absolute Gasteiger partial charge is 0.494 e. The summed E-state index contributed by atoms with van der Waals surface area (Å²) in [6.07, 6.45) is 0. The van der Waals surface area contributed by atoms with Gasteiger partial charge >= 0.3 is 0 Å². The minimum absolute atomic E-state index is 0.552. The summed E-state index contributed by atoms with van der Waals surface area (Å²) in [6.45, 7) is 0. The number of ether oxygens (including phenoxy) is 1. The first-order valence-electron chi connectivity index (χ1n) is 4.85. The maximum absolute atomic E-state index is 5.35. The number of para-hydroxylation sites is 1. The number of benzene rings is 1. The smallest absolute Gasteiger partial charge is 0.208 e. The molecule has 1 aromatic carbocycles. The van der Waals surface area contributed by atoms with Gasteiger partial charge in [-0.15, -0.1) is 10.2 Å². The third-order valence-electron chi connectivity index (χ3n) is 2.24. The van der Waals surface area contributed by atoms with Gasteiger partial charge in [0.1, 0.15) is 0 Å². The SMILES string of the molecule is CNc1cccc(-c2nnn(C)n2)c1OC. The number of tetrazole rings is 1. The van der Waals surface area contributed by atoms with E-state index in [1.165, 1.54) is 4.80 Å². The molecular weight excluding hydrogens is 206 g/mol. The van der Waals surface area contributed by atoms with Crippen molar-refractivity contribution in [3.05, 3.63) is 18.2 Å². The Hall–Kier alpha value is -2.11. The van der Waals surface area contributed by atoms with Crippen molar-refractivity contribution < 1.29 is 4.74 Å². The summed E-state index contributed by atoms with van der Waals surface area (Å²) >= 11 is 0. The third-order valence-corrected chi connectivity index (χ3v) is 2.24. The maximum atomic E-state index is 5.35. The molecule has 0 spiro atoms. The van der Waals surface area contributed by atoms with Crippen LogP contribution in [-0.4, -0.2) is 34.4 Å². The highest BCUT2D eigenvalue weighted by atomic mass is 16.5. The minimum Gasteiger partial charge on any atom is -0.494 e. The minimum atomic E-state index is 0.552. The van der Waals surface area contributed by atoms with Crippen LogP contribution in [0, 0.1) is 0 Å². The lowest BCUT2D eigenvalue weighted by atomic mass is 10.1. The van der Waals surface area contributed by atoms with E-state index >= 15 is 0 Å². The number of hydrogen-bond acceptors (Lipinski definition) is 5. The molecule has 0 radical (unpaired) electrons. The Morgan fingerprint density at radius 3 is 2.75 bits per heavy atom. The van der Waals surface area contributed by atoms with Crippen LogP contribution in [0.4, 0.5) is 5.69 Å². The molecule has 2 aromatic rings. The van der Waals surface area contributed by atoms with Gasteiger partial charge in [0.15, 0.2) is 5.75 Å². The number of rotatable bonds is 3. The van der Waals surface area contributed by atoms with Crippen LogP contribution in [0.3, 0.4) is 0 Å². The van der Waals surface area contributed by atoms with Crippen LogP contribution in [-0.2, 0) is 7.05 Å². The lowest BCUT2D eigenvalue weighted by Crippen LogP contribution is -1.97. The molecule has 0 saturated carbocycles. The first kappa shape index (κ1) is 10.4.